The number of rotatable bonds is 1. The van der Waals surface area contributed by atoms with Crippen LogP contribution in [0, 0.1) is 11.7 Å². The molecule has 1 N–H and O–H groups in total. The Bertz CT molecular complexity index is 914. The van der Waals surface area contributed by atoms with Crippen LogP contribution in [0.25, 0.3) is 0 Å². The van der Waals surface area contributed by atoms with E-state index >= 15 is 0 Å². The van der Waals surface area contributed by atoms with Crippen molar-refractivity contribution in [1.29, 1.82) is 0 Å². The maximum atomic E-state index is 13.3. The molecule has 0 saturated carbocycles. The van der Waals surface area contributed by atoms with Crippen LogP contribution in [-0.2, 0) is 11.0 Å². The van der Waals surface area contributed by atoms with Crippen LogP contribution in [0.5, 0.6) is 0 Å². The highest BCUT2D eigenvalue weighted by atomic mass is 19.4. The van der Waals surface area contributed by atoms with Gasteiger partial charge in [-0.15, -0.1) is 5.10 Å². The lowest BCUT2D eigenvalue weighted by atomic mass is 9.81. The van der Waals surface area contributed by atoms with Crippen molar-refractivity contribution in [2.75, 3.05) is 5.32 Å². The number of Topliss-reactive ketones (excluding diaryl/α,β-unsaturated/α-hetero) is 1. The van der Waals surface area contributed by atoms with Gasteiger partial charge in [0.15, 0.2) is 5.78 Å². The third kappa shape index (κ3) is 2.67. The van der Waals surface area contributed by atoms with Crippen LogP contribution < -0.4 is 5.32 Å². The van der Waals surface area contributed by atoms with Gasteiger partial charge in [-0.25, -0.2) is 9.07 Å². The summed E-state index contributed by atoms with van der Waals surface area (Å²) in [4.78, 5) is 16.2. The van der Waals surface area contributed by atoms with Gasteiger partial charge in [-0.1, -0.05) is 19.1 Å². The summed E-state index contributed by atoms with van der Waals surface area (Å²) >= 11 is 0. The van der Waals surface area contributed by atoms with E-state index in [4.69, 9.17) is 0 Å². The number of alkyl halides is 3. The summed E-state index contributed by atoms with van der Waals surface area (Å²) in [7, 11) is 0. The van der Waals surface area contributed by atoms with Gasteiger partial charge in [0.1, 0.15) is 11.9 Å². The van der Waals surface area contributed by atoms with Crippen LogP contribution in [0.3, 0.4) is 0 Å². The largest absolute Gasteiger partial charge is 0.453 e. The van der Waals surface area contributed by atoms with Crippen molar-refractivity contribution in [1.82, 2.24) is 14.8 Å². The van der Waals surface area contributed by atoms with Crippen LogP contribution in [0.1, 0.15) is 37.2 Å². The van der Waals surface area contributed by atoms with Gasteiger partial charge < -0.3 is 5.32 Å². The number of carbonyl (C=O) groups is 1. The van der Waals surface area contributed by atoms with Crippen molar-refractivity contribution in [3.63, 3.8) is 0 Å². The number of carbonyl (C=O) groups excluding carboxylic acids is 1. The van der Waals surface area contributed by atoms with Gasteiger partial charge in [0, 0.05) is 17.7 Å². The Morgan fingerprint density at radius 3 is 2.54 bits per heavy atom. The second-order valence-electron chi connectivity index (χ2n) is 6.61. The summed E-state index contributed by atoms with van der Waals surface area (Å²) < 4.78 is 53.6. The van der Waals surface area contributed by atoms with E-state index in [0.29, 0.717) is 29.7 Å². The first-order valence-electron chi connectivity index (χ1n) is 8.06. The van der Waals surface area contributed by atoms with E-state index < -0.39 is 23.9 Å². The summed E-state index contributed by atoms with van der Waals surface area (Å²) in [5.41, 5.74) is 1.39. The number of hydrogen-bond donors (Lipinski definition) is 1. The molecule has 0 saturated heterocycles. The standard InChI is InChI=1S/C17H14F4N4O/c1-8-6-11-13(12(26)7-8)14(9-2-4-10(18)5-3-9)25-16(22-11)23-15(24-25)17(19,20)21/h2-5,8,14H,6-7H2,1H3,(H,22,23,24)/t8-,14+/m1/s1. The fraction of sp³-hybridized carbons (Fsp3) is 0.353. The van der Waals surface area contributed by atoms with E-state index in [-0.39, 0.29) is 17.6 Å². The molecule has 1 aliphatic heterocycles. The van der Waals surface area contributed by atoms with Gasteiger partial charge in [-0.3, -0.25) is 4.79 Å². The Kier molecular flexibility index (Phi) is 3.64. The lowest BCUT2D eigenvalue weighted by molar-refractivity contribution is -0.145. The molecular weight excluding hydrogens is 352 g/mol. The normalized spacial score (nSPS) is 22.7. The monoisotopic (exact) mass is 366 g/mol. The summed E-state index contributed by atoms with van der Waals surface area (Å²) in [6.45, 7) is 1.90. The van der Waals surface area contributed by atoms with Gasteiger partial charge in [0.2, 0.25) is 5.95 Å². The minimum atomic E-state index is -4.71. The fourth-order valence-electron chi connectivity index (χ4n) is 3.48. The number of halogens is 4. The van der Waals surface area contributed by atoms with E-state index in [1.807, 2.05) is 6.92 Å². The molecule has 1 aliphatic carbocycles. The number of allylic oxidation sites excluding steroid dienone is 2. The molecule has 0 bridgehead atoms. The maximum Gasteiger partial charge on any atom is 0.453 e. The summed E-state index contributed by atoms with van der Waals surface area (Å²) in [6, 6.07) is 4.43. The molecule has 0 fully saturated rings. The van der Waals surface area contributed by atoms with E-state index in [1.165, 1.54) is 24.3 Å². The van der Waals surface area contributed by atoms with Gasteiger partial charge >= 0.3 is 6.18 Å². The molecule has 1 aromatic carbocycles. The van der Waals surface area contributed by atoms with Crippen LogP contribution in [-0.4, -0.2) is 20.5 Å². The highest BCUT2D eigenvalue weighted by Gasteiger charge is 2.42. The minimum Gasteiger partial charge on any atom is -0.328 e. The number of nitrogens with zero attached hydrogens (tertiary/aromatic N) is 3. The summed E-state index contributed by atoms with van der Waals surface area (Å²) in [5, 5.41) is 6.42. The first kappa shape index (κ1) is 16.7. The van der Waals surface area contributed by atoms with Crippen molar-refractivity contribution in [2.24, 2.45) is 5.92 Å². The predicted octanol–water partition coefficient (Wildman–Crippen LogP) is 3.70. The highest BCUT2D eigenvalue weighted by molar-refractivity contribution is 5.99. The topological polar surface area (TPSA) is 59.8 Å². The smallest absolute Gasteiger partial charge is 0.328 e. The number of benzene rings is 1. The van der Waals surface area contributed by atoms with Crippen molar-refractivity contribution in [3.8, 4) is 0 Å². The van der Waals surface area contributed by atoms with Gasteiger partial charge in [0.25, 0.3) is 5.82 Å². The van der Waals surface area contributed by atoms with E-state index in [1.54, 1.807) is 0 Å². The minimum absolute atomic E-state index is 0.0687. The summed E-state index contributed by atoms with van der Waals surface area (Å²) in [6.07, 6.45) is -3.89. The zero-order valence-corrected chi connectivity index (χ0v) is 13.6. The first-order chi connectivity index (χ1) is 12.2. The van der Waals surface area contributed by atoms with Gasteiger partial charge in [0.05, 0.1) is 0 Å². The van der Waals surface area contributed by atoms with Gasteiger partial charge in [-0.2, -0.15) is 18.2 Å². The number of nitrogens with one attached hydrogen (secondary N) is 1. The molecule has 5 nitrogen and oxygen atoms in total. The highest BCUT2D eigenvalue weighted by Crippen LogP contribution is 2.42. The van der Waals surface area contributed by atoms with Crippen LogP contribution in [0.4, 0.5) is 23.5 Å². The number of anilines is 1. The molecule has 0 radical (unpaired) electrons. The van der Waals surface area contributed by atoms with E-state index in [0.717, 1.165) is 4.68 Å². The second-order valence-corrected chi connectivity index (χ2v) is 6.61. The molecule has 2 atom stereocenters. The SMILES string of the molecule is C[C@H]1CC(=O)C2=C(C1)Nc1nc(C(F)(F)F)nn1[C@H]2c1ccc(F)cc1. The third-order valence-corrected chi connectivity index (χ3v) is 4.56. The number of fused-ring (bicyclic) bond motifs is 1. The van der Waals surface area contributed by atoms with Crippen LogP contribution >= 0.6 is 0 Å². The molecule has 2 aliphatic rings. The Morgan fingerprint density at radius 1 is 1.19 bits per heavy atom. The molecule has 26 heavy (non-hydrogen) atoms. The Morgan fingerprint density at radius 2 is 1.88 bits per heavy atom. The second kappa shape index (κ2) is 5.65. The van der Waals surface area contributed by atoms with E-state index in [2.05, 4.69) is 15.4 Å². The Hall–Kier alpha value is -2.71. The molecule has 9 heteroatoms. The number of hydrogen-bond acceptors (Lipinski definition) is 4. The van der Waals surface area contributed by atoms with Crippen molar-refractivity contribution >= 4 is 11.7 Å². The molecule has 2 heterocycles. The molecule has 1 aromatic heterocycles. The third-order valence-electron chi connectivity index (χ3n) is 4.56. The van der Waals surface area contributed by atoms with E-state index in [9.17, 15) is 22.4 Å². The van der Waals surface area contributed by atoms with Gasteiger partial charge in [-0.05, 0) is 30.0 Å². The first-order valence-corrected chi connectivity index (χ1v) is 8.06. The molecule has 2 aromatic rings. The van der Waals surface area contributed by atoms with Crippen molar-refractivity contribution in [2.45, 2.75) is 32.0 Å². The molecule has 4 rings (SSSR count). The maximum absolute atomic E-state index is 13.3. The molecule has 0 unspecified atom stereocenters. The predicted molar refractivity (Wildman–Crippen MR) is 83.6 cm³/mol. The molecule has 136 valence electrons. The average molecular weight is 366 g/mol. The number of aromatic nitrogens is 3. The number of ketones is 1. The lowest BCUT2D eigenvalue weighted by Crippen LogP contribution is -2.33. The molecular formula is C17H14F4N4O. The Balaban J connectivity index is 1.90. The zero-order valence-electron chi connectivity index (χ0n) is 13.6. The quantitative estimate of drug-likeness (QED) is 0.782. The molecule has 0 amide bonds. The lowest BCUT2D eigenvalue weighted by Gasteiger charge is -2.34. The van der Waals surface area contributed by atoms with Crippen LogP contribution in [0.2, 0.25) is 0 Å². The van der Waals surface area contributed by atoms with Crippen LogP contribution in [0.15, 0.2) is 35.5 Å². The van der Waals surface area contributed by atoms with Crippen molar-refractivity contribution < 1.29 is 22.4 Å². The summed E-state index contributed by atoms with van der Waals surface area (Å²) in [5.74, 6) is -1.93. The Labute approximate surface area is 145 Å². The average Bonchev–Trinajstić information content (AvgIpc) is 2.97. The molecule has 0 spiro atoms. The van der Waals surface area contributed by atoms with Crippen molar-refractivity contribution in [3.05, 3.63) is 52.7 Å². The fourth-order valence-corrected chi connectivity index (χ4v) is 3.48. The zero-order chi connectivity index (χ0) is 18.6.